The number of aryl methyl sites for hydroxylation is 1. The molecule has 0 radical (unpaired) electrons. The highest BCUT2D eigenvalue weighted by atomic mass is 35.5. The minimum atomic E-state index is -0.643. The Morgan fingerprint density at radius 3 is 2.30 bits per heavy atom. The topological polar surface area (TPSA) is 104 Å². The van der Waals surface area contributed by atoms with E-state index in [0.29, 0.717) is 39.6 Å². The van der Waals surface area contributed by atoms with Crippen molar-refractivity contribution in [2.45, 2.75) is 13.0 Å². The molecule has 10 heteroatoms. The summed E-state index contributed by atoms with van der Waals surface area (Å²) in [6.07, 6.45) is 3.50. The third-order valence-electron chi connectivity index (χ3n) is 5.17. The predicted octanol–water partition coefficient (Wildman–Crippen LogP) is 3.36. The number of halogens is 1. The second-order valence-electron chi connectivity index (χ2n) is 7.13. The second-order valence-corrected chi connectivity index (χ2v) is 7.51. The van der Waals surface area contributed by atoms with Gasteiger partial charge in [0.05, 0.1) is 30.4 Å². The number of carbonyl (C=O) groups is 2. The van der Waals surface area contributed by atoms with Gasteiger partial charge in [0.25, 0.3) is 11.8 Å². The lowest BCUT2D eigenvalue weighted by Crippen LogP contribution is -2.32. The summed E-state index contributed by atoms with van der Waals surface area (Å²) in [6, 6.07) is 10.1. The molecule has 0 spiro atoms. The molecule has 0 fully saturated rings. The van der Waals surface area contributed by atoms with Crippen LogP contribution in [0.4, 0.5) is 0 Å². The van der Waals surface area contributed by atoms with Crippen LogP contribution in [-0.4, -0.2) is 47.3 Å². The fourth-order valence-corrected chi connectivity index (χ4v) is 3.84. The Hall–Kier alpha value is -3.85. The first kappa shape index (κ1) is 22.3. The van der Waals surface area contributed by atoms with Crippen LogP contribution in [0.2, 0.25) is 5.02 Å². The number of aromatic nitrogens is 2. The molecule has 2 heterocycles. The van der Waals surface area contributed by atoms with E-state index in [1.165, 1.54) is 25.2 Å². The van der Waals surface area contributed by atoms with Crippen LogP contribution in [0.15, 0.2) is 45.6 Å². The molecule has 0 atom stereocenters. The van der Waals surface area contributed by atoms with Crippen LogP contribution in [0.1, 0.15) is 38.6 Å². The van der Waals surface area contributed by atoms with E-state index in [0.717, 1.165) is 4.68 Å². The predicted molar refractivity (Wildman–Crippen MR) is 121 cm³/mol. The van der Waals surface area contributed by atoms with E-state index in [2.05, 4.69) is 5.10 Å². The van der Waals surface area contributed by atoms with Crippen molar-refractivity contribution in [3.63, 3.8) is 0 Å². The Morgan fingerprint density at radius 2 is 1.67 bits per heavy atom. The van der Waals surface area contributed by atoms with Gasteiger partial charge in [0, 0.05) is 19.2 Å². The van der Waals surface area contributed by atoms with Crippen molar-refractivity contribution in [2.24, 2.45) is 0 Å². The Kier molecular flexibility index (Phi) is 6.32. The highest BCUT2D eigenvalue weighted by Gasteiger charge is 2.34. The van der Waals surface area contributed by atoms with E-state index < -0.39 is 5.76 Å². The standard InChI is InChI=1S/C23H20ClN3O6/c1-31-17-10-8-14(19(24)20(17)32-2)9-11-18-25-27(23(30)33-18)13-5-12-26-21(28)15-6-3-4-7-16(15)22(26)29/h3-4,6-11H,5,12-13H2,1-2H3. The van der Waals surface area contributed by atoms with Crippen molar-refractivity contribution in [2.75, 3.05) is 20.8 Å². The molecule has 2 amide bonds. The monoisotopic (exact) mass is 469 g/mol. The number of amides is 2. The van der Waals surface area contributed by atoms with Crippen LogP contribution in [0, 0.1) is 0 Å². The zero-order valence-corrected chi connectivity index (χ0v) is 18.7. The molecule has 9 nitrogen and oxygen atoms in total. The number of rotatable bonds is 8. The van der Waals surface area contributed by atoms with Crippen LogP contribution in [0.5, 0.6) is 11.5 Å². The zero-order chi connectivity index (χ0) is 23.5. The van der Waals surface area contributed by atoms with E-state index in [-0.39, 0.29) is 30.8 Å². The first-order valence-corrected chi connectivity index (χ1v) is 10.4. The Labute approximate surface area is 193 Å². The fraction of sp³-hybridized carbons (Fsp3) is 0.217. The minimum absolute atomic E-state index is 0.0894. The van der Waals surface area contributed by atoms with Crippen molar-refractivity contribution in [3.8, 4) is 11.5 Å². The first-order chi connectivity index (χ1) is 15.9. The third kappa shape index (κ3) is 4.27. The second kappa shape index (κ2) is 9.33. The summed E-state index contributed by atoms with van der Waals surface area (Å²) >= 11 is 6.35. The number of benzene rings is 2. The average Bonchev–Trinajstić information content (AvgIpc) is 3.30. The number of fused-ring (bicyclic) bond motifs is 1. The highest BCUT2D eigenvalue weighted by molar-refractivity contribution is 6.34. The van der Waals surface area contributed by atoms with Crippen LogP contribution in [-0.2, 0) is 6.54 Å². The van der Waals surface area contributed by atoms with E-state index in [9.17, 15) is 14.4 Å². The van der Waals surface area contributed by atoms with Gasteiger partial charge in [-0.2, -0.15) is 4.68 Å². The van der Waals surface area contributed by atoms with E-state index >= 15 is 0 Å². The maximum atomic E-state index is 12.4. The molecular weight excluding hydrogens is 450 g/mol. The molecule has 0 bridgehead atoms. The third-order valence-corrected chi connectivity index (χ3v) is 5.56. The maximum absolute atomic E-state index is 12.4. The lowest BCUT2D eigenvalue weighted by atomic mass is 10.1. The van der Waals surface area contributed by atoms with Gasteiger partial charge in [-0.25, -0.2) is 4.79 Å². The summed E-state index contributed by atoms with van der Waals surface area (Å²) in [4.78, 5) is 38.1. The van der Waals surface area contributed by atoms with Crippen molar-refractivity contribution in [1.29, 1.82) is 0 Å². The molecule has 1 aromatic heterocycles. The summed E-state index contributed by atoms with van der Waals surface area (Å²) < 4.78 is 16.8. The van der Waals surface area contributed by atoms with Gasteiger partial charge in [-0.05, 0) is 42.3 Å². The summed E-state index contributed by atoms with van der Waals surface area (Å²) in [5.41, 5.74) is 1.40. The Bertz CT molecular complexity index is 1270. The van der Waals surface area contributed by atoms with Crippen molar-refractivity contribution >= 4 is 35.6 Å². The summed E-state index contributed by atoms with van der Waals surface area (Å²) in [6.45, 7) is 0.346. The molecule has 1 aliphatic heterocycles. The van der Waals surface area contributed by atoms with Gasteiger partial charge < -0.3 is 13.9 Å². The van der Waals surface area contributed by atoms with Crippen LogP contribution in [0.3, 0.4) is 0 Å². The minimum Gasteiger partial charge on any atom is -0.493 e. The molecule has 170 valence electrons. The fourth-order valence-electron chi connectivity index (χ4n) is 3.55. The van der Waals surface area contributed by atoms with Gasteiger partial charge in [-0.1, -0.05) is 23.7 Å². The lowest BCUT2D eigenvalue weighted by molar-refractivity contribution is 0.0650. The smallest absolute Gasteiger partial charge is 0.437 e. The van der Waals surface area contributed by atoms with E-state index in [1.54, 1.807) is 42.5 Å². The number of hydrogen-bond acceptors (Lipinski definition) is 7. The van der Waals surface area contributed by atoms with Crippen molar-refractivity contribution in [1.82, 2.24) is 14.7 Å². The van der Waals surface area contributed by atoms with Gasteiger partial charge in [0.2, 0.25) is 5.89 Å². The molecule has 0 unspecified atom stereocenters. The largest absolute Gasteiger partial charge is 0.493 e. The normalized spacial score (nSPS) is 13.1. The molecule has 0 saturated heterocycles. The molecule has 4 rings (SSSR count). The molecule has 0 aliphatic carbocycles. The number of ether oxygens (including phenoxy) is 2. The first-order valence-electron chi connectivity index (χ1n) is 10.1. The maximum Gasteiger partial charge on any atom is 0.437 e. The molecule has 0 N–H and O–H groups in total. The molecular formula is C23H20ClN3O6. The van der Waals surface area contributed by atoms with Crippen molar-refractivity contribution < 1.29 is 23.5 Å². The average molecular weight is 470 g/mol. The van der Waals surface area contributed by atoms with Gasteiger partial charge in [-0.3, -0.25) is 14.5 Å². The zero-order valence-electron chi connectivity index (χ0n) is 17.9. The van der Waals surface area contributed by atoms with Crippen molar-refractivity contribution in [3.05, 3.63) is 74.6 Å². The van der Waals surface area contributed by atoms with Gasteiger partial charge >= 0.3 is 5.76 Å². The summed E-state index contributed by atoms with van der Waals surface area (Å²) in [5.74, 6) is -0.339. The Morgan fingerprint density at radius 1 is 0.970 bits per heavy atom. The molecule has 2 aromatic carbocycles. The molecule has 3 aromatic rings. The van der Waals surface area contributed by atoms with Gasteiger partial charge in [0.15, 0.2) is 11.5 Å². The van der Waals surface area contributed by atoms with E-state index in [4.69, 9.17) is 25.5 Å². The number of imide groups is 1. The number of carbonyl (C=O) groups excluding carboxylic acids is 2. The van der Waals surface area contributed by atoms with Crippen LogP contribution < -0.4 is 15.2 Å². The quantitative estimate of drug-likeness (QED) is 0.466. The molecule has 33 heavy (non-hydrogen) atoms. The van der Waals surface area contributed by atoms with Crippen LogP contribution >= 0.6 is 11.6 Å². The van der Waals surface area contributed by atoms with Crippen LogP contribution in [0.25, 0.3) is 12.2 Å². The number of hydrogen-bond donors (Lipinski definition) is 0. The summed E-state index contributed by atoms with van der Waals surface area (Å²) in [7, 11) is 3.00. The van der Waals surface area contributed by atoms with Gasteiger partial charge in [0.1, 0.15) is 0 Å². The Balaban J connectivity index is 1.41. The number of nitrogens with zero attached hydrogens (tertiary/aromatic N) is 3. The summed E-state index contributed by atoms with van der Waals surface area (Å²) in [5, 5.41) is 4.48. The number of methoxy groups -OCH3 is 2. The molecule has 1 aliphatic rings. The SMILES string of the molecule is COc1ccc(C=Cc2nn(CCCN3C(=O)c4ccccc4C3=O)c(=O)o2)c(Cl)c1OC. The van der Waals surface area contributed by atoms with Gasteiger partial charge in [-0.15, -0.1) is 5.10 Å². The molecule has 0 saturated carbocycles. The highest BCUT2D eigenvalue weighted by Crippen LogP contribution is 2.37. The lowest BCUT2D eigenvalue weighted by Gasteiger charge is -2.12. The van der Waals surface area contributed by atoms with E-state index in [1.807, 2.05) is 0 Å².